The third-order valence-corrected chi connectivity index (χ3v) is 3.39. The van der Waals surface area contributed by atoms with Gasteiger partial charge in [0, 0.05) is 19.3 Å². The van der Waals surface area contributed by atoms with E-state index >= 15 is 0 Å². The lowest BCUT2D eigenvalue weighted by molar-refractivity contribution is 0.0851. The van der Waals surface area contributed by atoms with Gasteiger partial charge < -0.3 is 15.0 Å². The Bertz CT molecular complexity index is 725. The molecule has 2 rings (SSSR count). The Morgan fingerprint density at radius 1 is 1.23 bits per heavy atom. The van der Waals surface area contributed by atoms with E-state index in [1.165, 1.54) is 47.2 Å². The van der Waals surface area contributed by atoms with Gasteiger partial charge in [-0.15, -0.1) is 0 Å². The van der Waals surface area contributed by atoms with Gasteiger partial charge in [0.05, 0.1) is 17.7 Å². The molecule has 1 aromatic heterocycles. The monoisotopic (exact) mass is 304 g/mol. The first kappa shape index (κ1) is 15.9. The van der Waals surface area contributed by atoms with Crippen molar-refractivity contribution in [1.29, 1.82) is 0 Å². The minimum atomic E-state index is -0.961. The molecule has 0 saturated carbocycles. The van der Waals surface area contributed by atoms with Crippen molar-refractivity contribution < 1.29 is 14.3 Å². The molecule has 1 amide bonds. The summed E-state index contributed by atoms with van der Waals surface area (Å²) in [6.45, 7) is 1.65. The number of carbonyl (C=O) groups is 1. The molecule has 1 heterocycles. The maximum atomic E-state index is 12.9. The van der Waals surface area contributed by atoms with E-state index in [2.05, 4.69) is 5.32 Å². The highest BCUT2D eigenvalue weighted by molar-refractivity contribution is 5.94. The fourth-order valence-corrected chi connectivity index (χ4v) is 2.05. The van der Waals surface area contributed by atoms with Gasteiger partial charge in [-0.2, -0.15) is 0 Å². The number of aromatic nitrogens is 1. The Balaban J connectivity index is 2.08. The van der Waals surface area contributed by atoms with E-state index in [1.807, 2.05) is 0 Å². The SMILES string of the molecule is CC(NC(=O)c1ccc(=O)n(C)c1)C(O)c1ccc(F)cc1. The fraction of sp³-hybridized carbons (Fsp3) is 0.250. The first-order valence-electron chi connectivity index (χ1n) is 6.79. The molecule has 0 aliphatic rings. The number of rotatable bonds is 4. The van der Waals surface area contributed by atoms with E-state index in [4.69, 9.17) is 0 Å². The van der Waals surface area contributed by atoms with Gasteiger partial charge >= 0.3 is 0 Å². The Morgan fingerprint density at radius 3 is 2.45 bits per heavy atom. The second kappa shape index (κ2) is 6.53. The van der Waals surface area contributed by atoms with Crippen molar-refractivity contribution in [2.45, 2.75) is 19.1 Å². The Kier molecular flexibility index (Phi) is 4.72. The number of nitrogens with one attached hydrogen (secondary N) is 1. The minimum absolute atomic E-state index is 0.212. The molecule has 0 aliphatic carbocycles. The zero-order valence-electron chi connectivity index (χ0n) is 12.3. The number of halogens is 1. The lowest BCUT2D eigenvalue weighted by Gasteiger charge is -2.20. The third-order valence-electron chi connectivity index (χ3n) is 3.39. The summed E-state index contributed by atoms with van der Waals surface area (Å²) >= 11 is 0. The van der Waals surface area contributed by atoms with E-state index in [0.29, 0.717) is 11.1 Å². The van der Waals surface area contributed by atoms with E-state index in [0.717, 1.165) is 0 Å². The van der Waals surface area contributed by atoms with E-state index in [1.54, 1.807) is 14.0 Å². The first-order chi connectivity index (χ1) is 10.4. The van der Waals surface area contributed by atoms with Crippen LogP contribution in [0, 0.1) is 5.82 Å². The molecule has 0 radical (unpaired) electrons. The molecule has 1 aromatic carbocycles. The maximum absolute atomic E-state index is 12.9. The number of benzene rings is 1. The number of aliphatic hydroxyl groups is 1. The highest BCUT2D eigenvalue weighted by Crippen LogP contribution is 2.17. The van der Waals surface area contributed by atoms with Crippen molar-refractivity contribution in [3.63, 3.8) is 0 Å². The molecule has 2 atom stereocenters. The van der Waals surface area contributed by atoms with Gasteiger partial charge in [-0.1, -0.05) is 12.1 Å². The van der Waals surface area contributed by atoms with Crippen LogP contribution in [0.5, 0.6) is 0 Å². The van der Waals surface area contributed by atoms with Crippen LogP contribution >= 0.6 is 0 Å². The van der Waals surface area contributed by atoms with Crippen LogP contribution in [0.15, 0.2) is 47.4 Å². The molecular formula is C16H17FN2O3. The molecule has 22 heavy (non-hydrogen) atoms. The molecule has 116 valence electrons. The molecule has 0 spiro atoms. The van der Waals surface area contributed by atoms with Crippen LogP contribution in [0.2, 0.25) is 0 Å². The third kappa shape index (κ3) is 3.59. The summed E-state index contributed by atoms with van der Waals surface area (Å²) in [5.41, 5.74) is 0.617. The minimum Gasteiger partial charge on any atom is -0.386 e. The van der Waals surface area contributed by atoms with Crippen molar-refractivity contribution in [1.82, 2.24) is 9.88 Å². The highest BCUT2D eigenvalue weighted by Gasteiger charge is 2.19. The smallest absolute Gasteiger partial charge is 0.253 e. The molecule has 0 saturated heterocycles. The largest absolute Gasteiger partial charge is 0.386 e. The highest BCUT2D eigenvalue weighted by atomic mass is 19.1. The normalized spacial score (nSPS) is 13.5. The predicted octanol–water partition coefficient (Wildman–Crippen LogP) is 1.38. The van der Waals surface area contributed by atoms with Crippen molar-refractivity contribution in [3.05, 3.63) is 69.9 Å². The number of aryl methyl sites for hydroxylation is 1. The Labute approximate surface area is 127 Å². The van der Waals surface area contributed by atoms with Crippen LogP contribution in [-0.2, 0) is 7.05 Å². The Morgan fingerprint density at radius 2 is 1.86 bits per heavy atom. The average Bonchev–Trinajstić information content (AvgIpc) is 2.50. The van der Waals surface area contributed by atoms with Gasteiger partial charge in [0.25, 0.3) is 5.91 Å². The van der Waals surface area contributed by atoms with Crippen molar-refractivity contribution >= 4 is 5.91 Å². The first-order valence-corrected chi connectivity index (χ1v) is 6.79. The standard InChI is InChI=1S/C16H17FN2O3/c1-10(15(21)11-3-6-13(17)7-4-11)18-16(22)12-5-8-14(20)19(2)9-12/h3-10,15,21H,1-2H3,(H,18,22). The quantitative estimate of drug-likeness (QED) is 0.896. The molecule has 0 aliphatic heterocycles. The lowest BCUT2D eigenvalue weighted by Crippen LogP contribution is -2.37. The number of hydrogen-bond donors (Lipinski definition) is 2. The van der Waals surface area contributed by atoms with Gasteiger partial charge in [0.2, 0.25) is 5.56 Å². The summed E-state index contributed by atoms with van der Waals surface area (Å²) < 4.78 is 14.2. The van der Waals surface area contributed by atoms with E-state index in [9.17, 15) is 19.1 Å². The molecular weight excluding hydrogens is 287 g/mol. The van der Waals surface area contributed by atoms with Crippen LogP contribution in [0.1, 0.15) is 28.9 Å². The zero-order chi connectivity index (χ0) is 16.3. The number of pyridine rings is 1. The summed E-state index contributed by atoms with van der Waals surface area (Å²) in [5, 5.41) is 12.8. The molecule has 2 aromatic rings. The molecule has 5 nitrogen and oxygen atoms in total. The van der Waals surface area contributed by atoms with Gasteiger partial charge in [-0.25, -0.2) is 4.39 Å². The maximum Gasteiger partial charge on any atom is 0.253 e. The molecule has 2 unspecified atom stereocenters. The van der Waals surface area contributed by atoms with Crippen LogP contribution in [0.25, 0.3) is 0 Å². The molecule has 2 N–H and O–H groups in total. The number of carbonyl (C=O) groups excluding carboxylic acids is 1. The predicted molar refractivity (Wildman–Crippen MR) is 80.0 cm³/mol. The second-order valence-electron chi connectivity index (χ2n) is 5.13. The van der Waals surface area contributed by atoms with Crippen LogP contribution in [0.3, 0.4) is 0 Å². The average molecular weight is 304 g/mol. The zero-order valence-corrected chi connectivity index (χ0v) is 12.3. The Hall–Kier alpha value is -2.47. The molecule has 6 heteroatoms. The number of amides is 1. The van der Waals surface area contributed by atoms with E-state index < -0.39 is 23.9 Å². The van der Waals surface area contributed by atoms with Crippen molar-refractivity contribution in [3.8, 4) is 0 Å². The summed E-state index contributed by atoms with van der Waals surface area (Å²) in [7, 11) is 1.55. The van der Waals surface area contributed by atoms with Crippen LogP contribution in [0.4, 0.5) is 4.39 Å². The van der Waals surface area contributed by atoms with Gasteiger partial charge in [0.15, 0.2) is 0 Å². The lowest BCUT2D eigenvalue weighted by atomic mass is 10.0. The van der Waals surface area contributed by atoms with Gasteiger partial charge in [0.1, 0.15) is 5.82 Å². The second-order valence-corrected chi connectivity index (χ2v) is 5.13. The fourth-order valence-electron chi connectivity index (χ4n) is 2.05. The van der Waals surface area contributed by atoms with Crippen molar-refractivity contribution in [2.75, 3.05) is 0 Å². The molecule has 0 fully saturated rings. The number of hydrogen-bond acceptors (Lipinski definition) is 3. The topological polar surface area (TPSA) is 71.3 Å². The van der Waals surface area contributed by atoms with Gasteiger partial charge in [-0.05, 0) is 30.7 Å². The number of aliphatic hydroxyl groups excluding tert-OH is 1. The van der Waals surface area contributed by atoms with Gasteiger partial charge in [-0.3, -0.25) is 9.59 Å². The van der Waals surface area contributed by atoms with Crippen LogP contribution in [-0.4, -0.2) is 21.6 Å². The summed E-state index contributed by atoms with van der Waals surface area (Å²) in [5.74, 6) is -0.790. The van der Waals surface area contributed by atoms with E-state index in [-0.39, 0.29) is 5.56 Å². The van der Waals surface area contributed by atoms with Crippen molar-refractivity contribution in [2.24, 2.45) is 7.05 Å². The number of nitrogens with zero attached hydrogens (tertiary/aromatic N) is 1. The summed E-state index contributed by atoms with van der Waals surface area (Å²) in [6.07, 6.45) is 0.464. The molecule has 0 bridgehead atoms. The summed E-state index contributed by atoms with van der Waals surface area (Å²) in [6, 6.07) is 7.59. The van der Waals surface area contributed by atoms with Crippen LogP contribution < -0.4 is 10.9 Å². The summed E-state index contributed by atoms with van der Waals surface area (Å²) in [4.78, 5) is 23.4.